The topological polar surface area (TPSA) is 47.6 Å². The van der Waals surface area contributed by atoms with E-state index in [-0.39, 0.29) is 12.4 Å². The molecule has 1 N–H and O–H groups in total. The van der Waals surface area contributed by atoms with Gasteiger partial charge in [-0.15, -0.1) is 0 Å². The molecule has 1 heterocycles. The van der Waals surface area contributed by atoms with Crippen LogP contribution in [0.1, 0.15) is 31.2 Å². The summed E-state index contributed by atoms with van der Waals surface area (Å²) in [6.45, 7) is 3.73. The molecule has 0 unspecified atom stereocenters. The molecule has 2 rings (SSSR count). The van der Waals surface area contributed by atoms with Gasteiger partial charge in [-0.25, -0.2) is 0 Å². The summed E-state index contributed by atoms with van der Waals surface area (Å²) in [6.07, 6.45) is 2.30. The lowest BCUT2D eigenvalue weighted by Gasteiger charge is -2.23. The Balaban J connectivity index is 2.12. The Morgan fingerprint density at radius 1 is 1.32 bits per heavy atom. The van der Waals surface area contributed by atoms with Gasteiger partial charge >= 0.3 is 0 Å². The van der Waals surface area contributed by atoms with Crippen LogP contribution < -0.4 is 14.8 Å². The second-order valence-corrected chi connectivity index (χ2v) is 4.93. The second kappa shape index (κ2) is 6.57. The number of Topliss-reactive ketones (excluding diaryl/α,β-unsaturated/α-hetero) is 1. The maximum Gasteiger partial charge on any atom is 0.167 e. The van der Waals surface area contributed by atoms with Crippen LogP contribution in [0.25, 0.3) is 0 Å². The highest BCUT2D eigenvalue weighted by Gasteiger charge is 2.17. The van der Waals surface area contributed by atoms with Gasteiger partial charge in [0.05, 0.1) is 7.11 Å². The molecule has 1 aromatic rings. The van der Waals surface area contributed by atoms with Crippen molar-refractivity contribution < 1.29 is 14.3 Å². The molecule has 4 heteroatoms. The lowest BCUT2D eigenvalue weighted by Crippen LogP contribution is -2.26. The second-order valence-electron chi connectivity index (χ2n) is 4.93. The van der Waals surface area contributed by atoms with Crippen LogP contribution in [-0.4, -0.2) is 32.6 Å². The van der Waals surface area contributed by atoms with E-state index >= 15 is 0 Å². The highest BCUT2D eigenvalue weighted by molar-refractivity contribution is 5.77. The fourth-order valence-electron chi connectivity index (χ4n) is 2.39. The van der Waals surface area contributed by atoms with Crippen molar-refractivity contribution >= 4 is 5.78 Å². The maximum absolute atomic E-state index is 11.0. The molecule has 0 saturated carbocycles. The minimum Gasteiger partial charge on any atom is -0.493 e. The van der Waals surface area contributed by atoms with Crippen molar-refractivity contribution in [3.8, 4) is 11.5 Å². The van der Waals surface area contributed by atoms with Crippen molar-refractivity contribution in [1.82, 2.24) is 5.32 Å². The molecule has 0 atom stereocenters. The van der Waals surface area contributed by atoms with Gasteiger partial charge in [-0.05, 0) is 56.5 Å². The zero-order valence-corrected chi connectivity index (χ0v) is 11.6. The molecule has 1 saturated heterocycles. The van der Waals surface area contributed by atoms with Crippen LogP contribution >= 0.6 is 0 Å². The summed E-state index contributed by atoms with van der Waals surface area (Å²) in [4.78, 5) is 11.0. The Bertz CT molecular complexity index is 439. The number of hydrogen-bond donors (Lipinski definition) is 1. The molecule has 0 bridgehead atoms. The third kappa shape index (κ3) is 3.70. The van der Waals surface area contributed by atoms with Crippen LogP contribution in [0.15, 0.2) is 18.2 Å². The molecular formula is C15H21NO3. The van der Waals surface area contributed by atoms with E-state index in [1.807, 2.05) is 12.1 Å². The first-order valence-electron chi connectivity index (χ1n) is 6.71. The molecule has 0 radical (unpaired) electrons. The van der Waals surface area contributed by atoms with Crippen molar-refractivity contribution in [3.05, 3.63) is 23.8 Å². The van der Waals surface area contributed by atoms with Gasteiger partial charge in [-0.3, -0.25) is 4.79 Å². The van der Waals surface area contributed by atoms with Gasteiger partial charge in [0.15, 0.2) is 17.3 Å². The summed E-state index contributed by atoms with van der Waals surface area (Å²) in [7, 11) is 1.63. The summed E-state index contributed by atoms with van der Waals surface area (Å²) in [5.74, 6) is 1.93. The zero-order valence-electron chi connectivity index (χ0n) is 11.6. The van der Waals surface area contributed by atoms with Gasteiger partial charge in [0.1, 0.15) is 6.61 Å². The van der Waals surface area contributed by atoms with Gasteiger partial charge in [-0.1, -0.05) is 6.07 Å². The van der Waals surface area contributed by atoms with E-state index in [9.17, 15) is 4.79 Å². The van der Waals surface area contributed by atoms with Crippen molar-refractivity contribution in [1.29, 1.82) is 0 Å². The normalized spacial score (nSPS) is 16.1. The number of ketones is 1. The number of ether oxygens (including phenoxy) is 2. The molecule has 0 aliphatic carbocycles. The standard InChI is InChI=1S/C15H21NO3/c1-11(17)10-19-14-4-3-13(9-15(14)18-2)12-5-7-16-8-6-12/h3-4,9,12,16H,5-8,10H2,1-2H3. The van der Waals surface area contributed by atoms with Crippen LogP contribution in [0.4, 0.5) is 0 Å². The average molecular weight is 263 g/mol. The summed E-state index contributed by atoms with van der Waals surface area (Å²) < 4.78 is 10.8. The predicted octanol–water partition coefficient (Wildman–Crippen LogP) is 2.13. The van der Waals surface area contributed by atoms with E-state index in [4.69, 9.17) is 9.47 Å². The predicted molar refractivity (Wildman–Crippen MR) is 74.0 cm³/mol. The molecule has 1 fully saturated rings. The third-order valence-corrected chi connectivity index (χ3v) is 3.43. The van der Waals surface area contributed by atoms with E-state index < -0.39 is 0 Å². The molecule has 0 aromatic heterocycles. The number of nitrogens with one attached hydrogen (secondary N) is 1. The van der Waals surface area contributed by atoms with Crippen LogP contribution in [-0.2, 0) is 4.79 Å². The number of rotatable bonds is 5. The summed E-state index contributed by atoms with van der Waals surface area (Å²) in [5, 5.41) is 3.36. The number of piperidine rings is 1. The van der Waals surface area contributed by atoms with Crippen LogP contribution in [0, 0.1) is 0 Å². The average Bonchev–Trinajstić information content (AvgIpc) is 2.45. The van der Waals surface area contributed by atoms with Crippen molar-refractivity contribution in [2.75, 3.05) is 26.8 Å². The molecule has 1 aliphatic heterocycles. The van der Waals surface area contributed by atoms with Crippen LogP contribution in [0.3, 0.4) is 0 Å². The zero-order chi connectivity index (χ0) is 13.7. The molecule has 0 spiro atoms. The Morgan fingerprint density at radius 3 is 2.68 bits per heavy atom. The fourth-order valence-corrected chi connectivity index (χ4v) is 2.39. The molecule has 19 heavy (non-hydrogen) atoms. The first-order chi connectivity index (χ1) is 9.20. The van der Waals surface area contributed by atoms with E-state index in [0.29, 0.717) is 17.4 Å². The smallest absolute Gasteiger partial charge is 0.167 e. The number of methoxy groups -OCH3 is 1. The van der Waals surface area contributed by atoms with Gasteiger partial charge in [0, 0.05) is 0 Å². The maximum atomic E-state index is 11.0. The Hall–Kier alpha value is -1.55. The molecule has 1 aliphatic rings. The molecule has 0 amide bonds. The third-order valence-electron chi connectivity index (χ3n) is 3.43. The van der Waals surface area contributed by atoms with Gasteiger partial charge in [0.25, 0.3) is 0 Å². The van der Waals surface area contributed by atoms with E-state index in [1.165, 1.54) is 12.5 Å². The van der Waals surface area contributed by atoms with Gasteiger partial charge in [0.2, 0.25) is 0 Å². The lowest BCUT2D eigenvalue weighted by molar-refractivity contribution is -0.118. The fraction of sp³-hybridized carbons (Fsp3) is 0.533. The first kappa shape index (κ1) is 13.9. The molecule has 1 aromatic carbocycles. The van der Waals surface area contributed by atoms with Crippen molar-refractivity contribution in [2.24, 2.45) is 0 Å². The monoisotopic (exact) mass is 263 g/mol. The largest absolute Gasteiger partial charge is 0.493 e. The number of carbonyl (C=O) groups excluding carboxylic acids is 1. The highest BCUT2D eigenvalue weighted by atomic mass is 16.5. The summed E-state index contributed by atoms with van der Waals surface area (Å²) in [5.41, 5.74) is 1.29. The quantitative estimate of drug-likeness (QED) is 0.884. The molecular weight excluding hydrogens is 242 g/mol. The minimum atomic E-state index is 0.00415. The van der Waals surface area contributed by atoms with E-state index in [0.717, 1.165) is 25.9 Å². The number of benzene rings is 1. The molecule has 104 valence electrons. The van der Waals surface area contributed by atoms with Crippen molar-refractivity contribution in [3.63, 3.8) is 0 Å². The Labute approximate surface area is 114 Å². The van der Waals surface area contributed by atoms with Gasteiger partial charge in [-0.2, -0.15) is 0 Å². The number of hydrogen-bond acceptors (Lipinski definition) is 4. The van der Waals surface area contributed by atoms with Crippen molar-refractivity contribution in [2.45, 2.75) is 25.7 Å². The first-order valence-corrected chi connectivity index (χ1v) is 6.71. The van der Waals surface area contributed by atoms with Crippen LogP contribution in [0.5, 0.6) is 11.5 Å². The van der Waals surface area contributed by atoms with E-state index in [2.05, 4.69) is 11.4 Å². The Kier molecular flexibility index (Phi) is 4.80. The summed E-state index contributed by atoms with van der Waals surface area (Å²) >= 11 is 0. The molecule has 4 nitrogen and oxygen atoms in total. The van der Waals surface area contributed by atoms with Gasteiger partial charge < -0.3 is 14.8 Å². The minimum absolute atomic E-state index is 0.00415. The summed E-state index contributed by atoms with van der Waals surface area (Å²) in [6, 6.07) is 6.01. The number of carbonyl (C=O) groups is 1. The SMILES string of the molecule is COc1cc(C2CCNCC2)ccc1OCC(C)=O. The van der Waals surface area contributed by atoms with Crippen LogP contribution in [0.2, 0.25) is 0 Å². The van der Waals surface area contributed by atoms with E-state index in [1.54, 1.807) is 7.11 Å². The Morgan fingerprint density at radius 2 is 2.05 bits per heavy atom. The highest BCUT2D eigenvalue weighted by Crippen LogP contribution is 2.33. The lowest BCUT2D eigenvalue weighted by atomic mass is 9.90.